The van der Waals surface area contributed by atoms with Crippen LogP contribution in [0, 0.1) is 0 Å². The quantitative estimate of drug-likeness (QED) is 0.715. The molecule has 0 unspecified atom stereocenters. The Morgan fingerprint density at radius 2 is 2.20 bits per heavy atom. The van der Waals surface area contributed by atoms with Crippen molar-refractivity contribution in [3.05, 3.63) is 46.6 Å². The number of halogens is 1. The van der Waals surface area contributed by atoms with Crippen molar-refractivity contribution in [1.29, 1.82) is 0 Å². The van der Waals surface area contributed by atoms with Gasteiger partial charge in [-0.3, -0.25) is 0 Å². The molecule has 0 amide bonds. The normalized spacial score (nSPS) is 15.3. The number of benzene rings is 1. The molecule has 3 heteroatoms. The van der Waals surface area contributed by atoms with Crippen LogP contribution < -0.4 is 11.1 Å². The van der Waals surface area contributed by atoms with Crippen LogP contribution in [0.5, 0.6) is 0 Å². The van der Waals surface area contributed by atoms with E-state index in [0.717, 1.165) is 29.1 Å². The number of hydrogen-bond donors (Lipinski definition) is 2. The highest BCUT2D eigenvalue weighted by molar-refractivity contribution is 6.30. The molecule has 0 aliphatic carbocycles. The Labute approximate surface area is 94.4 Å². The third kappa shape index (κ3) is 2.00. The second-order valence-electron chi connectivity index (χ2n) is 3.55. The number of hydrogen-bond acceptors (Lipinski definition) is 2. The summed E-state index contributed by atoms with van der Waals surface area (Å²) in [6, 6.07) is 5.53. The molecule has 78 valence electrons. The first-order valence-corrected chi connectivity index (χ1v) is 5.23. The van der Waals surface area contributed by atoms with Gasteiger partial charge in [0.15, 0.2) is 0 Å². The minimum atomic E-state index is 0.707. The Kier molecular flexibility index (Phi) is 2.69. The molecular formula is C12H13ClN2. The molecule has 0 atom stereocenters. The smallest absolute Gasteiger partial charge is 0.0413 e. The number of allylic oxidation sites excluding steroid dienone is 3. The van der Waals surface area contributed by atoms with E-state index in [9.17, 15) is 0 Å². The van der Waals surface area contributed by atoms with Crippen LogP contribution in [0.3, 0.4) is 0 Å². The van der Waals surface area contributed by atoms with Crippen molar-refractivity contribution in [2.24, 2.45) is 0 Å². The highest BCUT2D eigenvalue weighted by Crippen LogP contribution is 2.28. The summed E-state index contributed by atoms with van der Waals surface area (Å²) in [4.78, 5) is 0. The van der Waals surface area contributed by atoms with Gasteiger partial charge in [-0.2, -0.15) is 0 Å². The Hall–Kier alpha value is -1.41. The highest BCUT2D eigenvalue weighted by Gasteiger charge is 2.09. The molecule has 0 saturated carbocycles. The monoisotopic (exact) mass is 220 g/mol. The van der Waals surface area contributed by atoms with Crippen LogP contribution in [0.1, 0.15) is 12.5 Å². The average Bonchev–Trinajstić information content (AvgIpc) is 2.23. The molecule has 2 nitrogen and oxygen atoms in total. The molecule has 1 heterocycles. The fraction of sp³-hybridized carbons (Fsp3) is 0.167. The van der Waals surface area contributed by atoms with Gasteiger partial charge in [0.1, 0.15) is 0 Å². The predicted octanol–water partition coefficient (Wildman–Crippen LogP) is 2.81. The van der Waals surface area contributed by atoms with Gasteiger partial charge >= 0.3 is 0 Å². The number of rotatable bonds is 1. The largest absolute Gasteiger partial charge is 0.398 e. The lowest BCUT2D eigenvalue weighted by Gasteiger charge is -2.16. The minimum absolute atomic E-state index is 0.707. The third-order valence-electron chi connectivity index (χ3n) is 2.48. The molecule has 0 bridgehead atoms. The topological polar surface area (TPSA) is 38.0 Å². The zero-order chi connectivity index (χ0) is 10.8. The molecule has 0 fully saturated rings. The maximum Gasteiger partial charge on any atom is 0.0413 e. The highest BCUT2D eigenvalue weighted by atomic mass is 35.5. The van der Waals surface area contributed by atoms with Crippen LogP contribution >= 0.6 is 11.6 Å². The van der Waals surface area contributed by atoms with Gasteiger partial charge in [-0.25, -0.2) is 0 Å². The molecule has 3 N–H and O–H groups in total. The van der Waals surface area contributed by atoms with Gasteiger partial charge in [-0.1, -0.05) is 23.8 Å². The maximum absolute atomic E-state index is 5.96. The van der Waals surface area contributed by atoms with Gasteiger partial charge in [-0.05, 0) is 25.1 Å². The summed E-state index contributed by atoms with van der Waals surface area (Å²) < 4.78 is 0. The first-order valence-electron chi connectivity index (χ1n) is 4.85. The second kappa shape index (κ2) is 3.99. The molecule has 0 aromatic heterocycles. The molecule has 2 rings (SSSR count). The minimum Gasteiger partial charge on any atom is -0.398 e. The van der Waals surface area contributed by atoms with E-state index in [4.69, 9.17) is 17.3 Å². The summed E-state index contributed by atoms with van der Waals surface area (Å²) in [6.45, 7) is 2.91. The SMILES string of the molecule is CC1=C(c2cc(Cl)ccc2N)C=CCN1. The van der Waals surface area contributed by atoms with Crippen molar-refractivity contribution in [3.8, 4) is 0 Å². The lowest BCUT2D eigenvalue weighted by atomic mass is 10.00. The number of nitrogen functional groups attached to an aromatic ring is 1. The van der Waals surface area contributed by atoms with Gasteiger partial charge in [0.05, 0.1) is 0 Å². The lowest BCUT2D eigenvalue weighted by Crippen LogP contribution is -2.15. The fourth-order valence-corrected chi connectivity index (χ4v) is 1.83. The summed E-state index contributed by atoms with van der Waals surface area (Å²) >= 11 is 5.96. The van der Waals surface area contributed by atoms with Crippen LogP contribution in [0.4, 0.5) is 5.69 Å². The summed E-state index contributed by atoms with van der Waals surface area (Å²) in [5.41, 5.74) is 9.91. The summed E-state index contributed by atoms with van der Waals surface area (Å²) in [7, 11) is 0. The van der Waals surface area contributed by atoms with E-state index in [-0.39, 0.29) is 0 Å². The summed E-state index contributed by atoms with van der Waals surface area (Å²) in [5, 5.41) is 3.98. The van der Waals surface area contributed by atoms with Crippen molar-refractivity contribution in [1.82, 2.24) is 5.32 Å². The zero-order valence-electron chi connectivity index (χ0n) is 8.55. The van der Waals surface area contributed by atoms with Crippen LogP contribution in [-0.4, -0.2) is 6.54 Å². The Balaban J connectivity index is 2.53. The molecule has 1 aromatic rings. The number of anilines is 1. The van der Waals surface area contributed by atoms with E-state index in [0.29, 0.717) is 5.02 Å². The van der Waals surface area contributed by atoms with E-state index in [2.05, 4.69) is 17.5 Å². The van der Waals surface area contributed by atoms with Crippen LogP contribution in [0.2, 0.25) is 5.02 Å². The first-order chi connectivity index (χ1) is 7.18. The van der Waals surface area contributed by atoms with Gasteiger partial charge in [0.25, 0.3) is 0 Å². The molecular weight excluding hydrogens is 208 g/mol. The molecule has 1 aliphatic rings. The maximum atomic E-state index is 5.96. The molecule has 15 heavy (non-hydrogen) atoms. The Bertz CT molecular complexity index is 447. The standard InChI is InChI=1S/C12H13ClN2/c1-8-10(3-2-6-15-8)11-7-9(13)4-5-12(11)14/h2-5,7,15H,6,14H2,1H3. The van der Waals surface area contributed by atoms with Gasteiger partial charge in [0.2, 0.25) is 0 Å². The fourth-order valence-electron chi connectivity index (χ4n) is 1.66. The molecule has 1 aromatic carbocycles. The van der Waals surface area contributed by atoms with E-state index in [1.165, 1.54) is 0 Å². The Morgan fingerprint density at radius 1 is 1.40 bits per heavy atom. The van der Waals surface area contributed by atoms with Gasteiger partial charge in [0, 0.05) is 34.1 Å². The number of nitrogens with two attached hydrogens (primary N) is 1. The van der Waals surface area contributed by atoms with Crippen LogP contribution in [0.15, 0.2) is 36.0 Å². The Morgan fingerprint density at radius 3 is 2.93 bits per heavy atom. The van der Waals surface area contributed by atoms with Crippen molar-refractivity contribution >= 4 is 22.9 Å². The molecule has 0 radical (unpaired) electrons. The number of nitrogens with one attached hydrogen (secondary N) is 1. The van der Waals surface area contributed by atoms with Crippen molar-refractivity contribution < 1.29 is 0 Å². The van der Waals surface area contributed by atoms with E-state index >= 15 is 0 Å². The summed E-state index contributed by atoms with van der Waals surface area (Å²) in [6.07, 6.45) is 4.15. The lowest BCUT2D eigenvalue weighted by molar-refractivity contribution is 0.897. The number of dihydropyridines is 1. The van der Waals surface area contributed by atoms with E-state index in [1.807, 2.05) is 19.1 Å². The van der Waals surface area contributed by atoms with Crippen molar-refractivity contribution in [2.45, 2.75) is 6.92 Å². The molecule has 0 spiro atoms. The van der Waals surface area contributed by atoms with Crippen molar-refractivity contribution in [2.75, 3.05) is 12.3 Å². The van der Waals surface area contributed by atoms with E-state index < -0.39 is 0 Å². The third-order valence-corrected chi connectivity index (χ3v) is 2.71. The second-order valence-corrected chi connectivity index (χ2v) is 3.99. The van der Waals surface area contributed by atoms with Crippen LogP contribution in [0.25, 0.3) is 5.57 Å². The zero-order valence-corrected chi connectivity index (χ0v) is 9.31. The molecule has 0 saturated heterocycles. The van der Waals surface area contributed by atoms with Crippen LogP contribution in [-0.2, 0) is 0 Å². The first kappa shape index (κ1) is 10.1. The van der Waals surface area contributed by atoms with E-state index in [1.54, 1.807) is 6.07 Å². The van der Waals surface area contributed by atoms with Crippen molar-refractivity contribution in [3.63, 3.8) is 0 Å². The predicted molar refractivity (Wildman–Crippen MR) is 65.6 cm³/mol. The average molecular weight is 221 g/mol. The van der Waals surface area contributed by atoms with Gasteiger partial charge in [-0.15, -0.1) is 0 Å². The molecule has 1 aliphatic heterocycles. The van der Waals surface area contributed by atoms with Gasteiger partial charge < -0.3 is 11.1 Å². The summed E-state index contributed by atoms with van der Waals surface area (Å²) in [5.74, 6) is 0.